The zero-order valence-electron chi connectivity index (χ0n) is 10.9. The third kappa shape index (κ3) is 7.04. The first-order valence-corrected chi connectivity index (χ1v) is 6.36. The Kier molecular flexibility index (Phi) is 7.84. The highest BCUT2D eigenvalue weighted by atomic mass is 16.5. The van der Waals surface area contributed by atoms with Crippen molar-refractivity contribution in [3.8, 4) is 0 Å². The Morgan fingerprint density at radius 1 is 1.22 bits per heavy atom. The summed E-state index contributed by atoms with van der Waals surface area (Å²) in [6, 6.07) is 10.3. The number of carbonyl (C=O) groups excluding carboxylic acids is 1. The molecule has 0 spiro atoms. The van der Waals surface area contributed by atoms with Gasteiger partial charge in [-0.1, -0.05) is 30.3 Å². The van der Waals surface area contributed by atoms with Gasteiger partial charge in [-0.15, -0.1) is 0 Å². The van der Waals surface area contributed by atoms with Crippen molar-refractivity contribution in [1.29, 1.82) is 0 Å². The summed E-state index contributed by atoms with van der Waals surface area (Å²) in [6.45, 7) is 2.46. The van der Waals surface area contributed by atoms with Crippen molar-refractivity contribution in [2.45, 2.75) is 12.8 Å². The molecule has 1 rings (SSSR count). The van der Waals surface area contributed by atoms with E-state index in [1.54, 1.807) is 7.05 Å². The van der Waals surface area contributed by atoms with E-state index in [-0.39, 0.29) is 5.91 Å². The number of benzene rings is 1. The van der Waals surface area contributed by atoms with E-state index in [0.29, 0.717) is 19.7 Å². The van der Waals surface area contributed by atoms with E-state index >= 15 is 0 Å². The number of amides is 1. The fourth-order valence-electron chi connectivity index (χ4n) is 1.56. The number of likely N-dealkylation sites (N-methyl/N-ethyl adjacent to an activating group) is 1. The normalized spacial score (nSPS) is 10.3. The number of hydrogen-bond donors (Lipinski definition) is 2. The van der Waals surface area contributed by atoms with Crippen LogP contribution in [0.1, 0.15) is 12.0 Å². The molecule has 0 aliphatic rings. The minimum atomic E-state index is 0.0294. The van der Waals surface area contributed by atoms with Crippen molar-refractivity contribution >= 4 is 5.91 Å². The number of hydrogen-bond acceptors (Lipinski definition) is 3. The van der Waals surface area contributed by atoms with E-state index in [1.807, 2.05) is 18.2 Å². The summed E-state index contributed by atoms with van der Waals surface area (Å²) in [6.07, 6.45) is 1.79. The highest BCUT2D eigenvalue weighted by molar-refractivity contribution is 5.77. The lowest BCUT2D eigenvalue weighted by Gasteiger charge is -2.06. The average molecular weight is 250 g/mol. The van der Waals surface area contributed by atoms with Gasteiger partial charge in [-0.2, -0.15) is 0 Å². The number of rotatable bonds is 9. The molecule has 1 amide bonds. The lowest BCUT2D eigenvalue weighted by molar-refractivity contribution is -0.120. The van der Waals surface area contributed by atoms with Gasteiger partial charge in [0.2, 0.25) is 5.91 Å². The smallest absolute Gasteiger partial charge is 0.233 e. The summed E-state index contributed by atoms with van der Waals surface area (Å²) in [5.74, 6) is 0.0294. The van der Waals surface area contributed by atoms with Crippen LogP contribution in [0.4, 0.5) is 0 Å². The summed E-state index contributed by atoms with van der Waals surface area (Å²) < 4.78 is 5.51. The van der Waals surface area contributed by atoms with Crippen molar-refractivity contribution in [3.63, 3.8) is 0 Å². The van der Waals surface area contributed by atoms with Crippen LogP contribution in [0.3, 0.4) is 0 Å². The maximum Gasteiger partial charge on any atom is 0.233 e. The second kappa shape index (κ2) is 9.62. The van der Waals surface area contributed by atoms with Crippen molar-refractivity contribution in [2.24, 2.45) is 0 Å². The van der Waals surface area contributed by atoms with Gasteiger partial charge in [-0.3, -0.25) is 4.79 Å². The van der Waals surface area contributed by atoms with E-state index in [1.165, 1.54) is 5.56 Å². The van der Waals surface area contributed by atoms with Gasteiger partial charge in [0.15, 0.2) is 0 Å². The lowest BCUT2D eigenvalue weighted by atomic mass is 10.2. The van der Waals surface area contributed by atoms with Gasteiger partial charge in [-0.05, 0) is 25.5 Å². The van der Waals surface area contributed by atoms with E-state index in [9.17, 15) is 4.79 Å². The van der Waals surface area contributed by atoms with Crippen molar-refractivity contribution in [1.82, 2.24) is 10.6 Å². The summed E-state index contributed by atoms with van der Waals surface area (Å²) in [5, 5.41) is 5.61. The predicted molar refractivity (Wildman–Crippen MR) is 72.5 cm³/mol. The second-order valence-corrected chi connectivity index (χ2v) is 4.08. The van der Waals surface area contributed by atoms with Crippen LogP contribution in [-0.4, -0.2) is 39.3 Å². The predicted octanol–water partition coefficient (Wildman–Crippen LogP) is 0.971. The number of nitrogens with one attached hydrogen (secondary N) is 2. The van der Waals surface area contributed by atoms with Gasteiger partial charge in [-0.25, -0.2) is 0 Å². The van der Waals surface area contributed by atoms with Crippen LogP contribution in [-0.2, 0) is 16.0 Å². The van der Waals surface area contributed by atoms with E-state index in [2.05, 4.69) is 22.8 Å². The molecule has 0 atom stereocenters. The SMILES string of the molecule is CNCC(=O)NCCCOCCc1ccccc1. The molecule has 4 nitrogen and oxygen atoms in total. The summed E-state index contributed by atoms with van der Waals surface area (Å²) in [5.41, 5.74) is 1.29. The van der Waals surface area contributed by atoms with Crippen molar-refractivity contribution in [2.75, 3.05) is 33.4 Å². The third-order valence-corrected chi connectivity index (χ3v) is 2.50. The van der Waals surface area contributed by atoms with Crippen LogP contribution < -0.4 is 10.6 Å². The molecule has 0 fully saturated rings. The Morgan fingerprint density at radius 3 is 2.72 bits per heavy atom. The minimum absolute atomic E-state index is 0.0294. The maximum absolute atomic E-state index is 11.1. The molecule has 0 saturated heterocycles. The second-order valence-electron chi connectivity index (χ2n) is 4.08. The topological polar surface area (TPSA) is 50.4 Å². The molecule has 4 heteroatoms. The Labute approximate surface area is 109 Å². The third-order valence-electron chi connectivity index (χ3n) is 2.50. The fourth-order valence-corrected chi connectivity index (χ4v) is 1.56. The molecule has 0 heterocycles. The Morgan fingerprint density at radius 2 is 2.00 bits per heavy atom. The molecule has 0 saturated carbocycles. The zero-order valence-corrected chi connectivity index (χ0v) is 10.9. The van der Waals surface area contributed by atoms with Crippen LogP contribution in [0.5, 0.6) is 0 Å². The summed E-state index contributed by atoms with van der Waals surface area (Å²) >= 11 is 0. The lowest BCUT2D eigenvalue weighted by Crippen LogP contribution is -2.33. The van der Waals surface area contributed by atoms with Crippen LogP contribution in [0, 0.1) is 0 Å². The van der Waals surface area contributed by atoms with Gasteiger partial charge in [0.25, 0.3) is 0 Å². The summed E-state index contributed by atoms with van der Waals surface area (Å²) in [7, 11) is 1.76. The molecule has 1 aromatic carbocycles. The number of carbonyl (C=O) groups is 1. The van der Waals surface area contributed by atoms with Gasteiger partial charge in [0.05, 0.1) is 13.2 Å². The van der Waals surface area contributed by atoms with Crippen LogP contribution in [0.2, 0.25) is 0 Å². The Hall–Kier alpha value is -1.39. The molecule has 18 heavy (non-hydrogen) atoms. The van der Waals surface area contributed by atoms with Crippen LogP contribution in [0.25, 0.3) is 0 Å². The monoisotopic (exact) mass is 250 g/mol. The molecule has 2 N–H and O–H groups in total. The molecule has 0 bridgehead atoms. The molecule has 100 valence electrons. The fraction of sp³-hybridized carbons (Fsp3) is 0.500. The van der Waals surface area contributed by atoms with Gasteiger partial charge in [0.1, 0.15) is 0 Å². The van der Waals surface area contributed by atoms with Crippen molar-refractivity contribution in [3.05, 3.63) is 35.9 Å². The van der Waals surface area contributed by atoms with Gasteiger partial charge >= 0.3 is 0 Å². The average Bonchev–Trinajstić information content (AvgIpc) is 2.39. The highest BCUT2D eigenvalue weighted by Crippen LogP contribution is 1.99. The zero-order chi connectivity index (χ0) is 13.1. The van der Waals surface area contributed by atoms with Gasteiger partial charge < -0.3 is 15.4 Å². The van der Waals surface area contributed by atoms with Crippen LogP contribution in [0.15, 0.2) is 30.3 Å². The first-order valence-electron chi connectivity index (χ1n) is 6.36. The first kappa shape index (κ1) is 14.7. The molecule has 1 aromatic rings. The molecule has 0 aliphatic carbocycles. The first-order chi connectivity index (χ1) is 8.83. The Balaban J connectivity index is 1.92. The minimum Gasteiger partial charge on any atom is -0.381 e. The largest absolute Gasteiger partial charge is 0.381 e. The highest BCUT2D eigenvalue weighted by Gasteiger charge is 1.97. The standard InChI is InChI=1S/C14H22N2O2/c1-15-12-14(17)16-9-5-10-18-11-8-13-6-3-2-4-7-13/h2-4,6-7,15H,5,8-12H2,1H3,(H,16,17). The number of ether oxygens (including phenoxy) is 1. The quantitative estimate of drug-likeness (QED) is 0.642. The molecule has 0 aromatic heterocycles. The van der Waals surface area contributed by atoms with E-state index < -0.39 is 0 Å². The molecular weight excluding hydrogens is 228 g/mol. The van der Waals surface area contributed by atoms with Crippen molar-refractivity contribution < 1.29 is 9.53 Å². The molecular formula is C14H22N2O2. The van der Waals surface area contributed by atoms with E-state index in [4.69, 9.17) is 4.74 Å². The van der Waals surface area contributed by atoms with E-state index in [0.717, 1.165) is 19.4 Å². The van der Waals surface area contributed by atoms with Crippen LogP contribution >= 0.6 is 0 Å². The molecule has 0 aliphatic heterocycles. The summed E-state index contributed by atoms with van der Waals surface area (Å²) in [4.78, 5) is 11.1. The molecule has 0 radical (unpaired) electrons. The maximum atomic E-state index is 11.1. The molecule has 0 unspecified atom stereocenters. The Bertz CT molecular complexity index is 328. The van der Waals surface area contributed by atoms with Gasteiger partial charge in [0, 0.05) is 13.2 Å².